The van der Waals surface area contributed by atoms with E-state index in [9.17, 15) is 9.50 Å². The van der Waals surface area contributed by atoms with Crippen molar-refractivity contribution in [3.8, 4) is 0 Å². The van der Waals surface area contributed by atoms with Gasteiger partial charge in [-0.1, -0.05) is 35.9 Å². The number of benzene rings is 2. The molecule has 0 heterocycles. The van der Waals surface area contributed by atoms with E-state index in [1.807, 2.05) is 24.3 Å². The van der Waals surface area contributed by atoms with Crippen LogP contribution in [-0.2, 0) is 6.42 Å². The smallest absolute Gasteiger partial charge is 0.123 e. The number of hydrogen-bond acceptors (Lipinski definition) is 1. The summed E-state index contributed by atoms with van der Waals surface area (Å²) in [5, 5.41) is 10.1. The third-order valence-electron chi connectivity index (χ3n) is 2.96. The molecule has 0 spiro atoms. The second-order valence-corrected chi connectivity index (χ2v) is 4.70. The van der Waals surface area contributed by atoms with E-state index in [1.165, 1.54) is 12.1 Å². The Morgan fingerprint density at radius 1 is 1.00 bits per heavy atom. The number of hydrogen-bond donors (Lipinski definition) is 1. The zero-order valence-corrected chi connectivity index (χ0v) is 10.6. The Balaban J connectivity index is 2.14. The molecule has 0 radical (unpaired) electrons. The molecule has 2 rings (SSSR count). The van der Waals surface area contributed by atoms with E-state index in [0.29, 0.717) is 11.4 Å². The van der Waals surface area contributed by atoms with Gasteiger partial charge in [0.25, 0.3) is 0 Å². The van der Waals surface area contributed by atoms with Gasteiger partial charge in [0.2, 0.25) is 0 Å². The summed E-state index contributed by atoms with van der Waals surface area (Å²) >= 11 is 5.83. The second-order valence-electron chi connectivity index (χ2n) is 4.26. The van der Waals surface area contributed by atoms with E-state index in [0.717, 1.165) is 11.1 Å². The third kappa shape index (κ3) is 3.31. The van der Waals surface area contributed by atoms with Crippen LogP contribution in [0.4, 0.5) is 4.39 Å². The molecule has 1 atom stereocenters. The van der Waals surface area contributed by atoms with E-state index < -0.39 is 0 Å². The average Bonchev–Trinajstić information content (AvgIpc) is 2.39. The van der Waals surface area contributed by atoms with Crippen LogP contribution in [0.5, 0.6) is 0 Å². The molecule has 0 aromatic heterocycles. The predicted octanol–water partition coefficient (Wildman–Crippen LogP) is 3.80. The van der Waals surface area contributed by atoms with E-state index in [1.54, 1.807) is 12.1 Å². The molecular formula is C15H14ClFO. The number of rotatable bonds is 4. The Morgan fingerprint density at radius 3 is 2.17 bits per heavy atom. The van der Waals surface area contributed by atoms with Gasteiger partial charge in [0.1, 0.15) is 5.82 Å². The van der Waals surface area contributed by atoms with Gasteiger partial charge >= 0.3 is 0 Å². The van der Waals surface area contributed by atoms with Crippen molar-refractivity contribution < 1.29 is 9.50 Å². The van der Waals surface area contributed by atoms with Gasteiger partial charge in [0.15, 0.2) is 0 Å². The molecule has 1 N–H and O–H groups in total. The fourth-order valence-corrected chi connectivity index (χ4v) is 2.05. The summed E-state index contributed by atoms with van der Waals surface area (Å²) in [4.78, 5) is 0. The molecule has 0 saturated heterocycles. The van der Waals surface area contributed by atoms with Gasteiger partial charge in [0, 0.05) is 10.9 Å². The summed E-state index contributed by atoms with van der Waals surface area (Å²) in [7, 11) is 0. The van der Waals surface area contributed by atoms with Crippen LogP contribution in [0.2, 0.25) is 5.02 Å². The first-order valence-electron chi connectivity index (χ1n) is 5.80. The molecule has 0 amide bonds. The molecule has 3 heteroatoms. The number of aliphatic hydroxyl groups excluding tert-OH is 1. The maximum absolute atomic E-state index is 12.8. The maximum Gasteiger partial charge on any atom is 0.123 e. The Bertz CT molecular complexity index is 493. The van der Waals surface area contributed by atoms with Crippen molar-refractivity contribution in [2.45, 2.75) is 12.3 Å². The van der Waals surface area contributed by atoms with Crippen LogP contribution >= 0.6 is 11.6 Å². The fourth-order valence-electron chi connectivity index (χ4n) is 1.93. The highest BCUT2D eigenvalue weighted by Crippen LogP contribution is 2.22. The van der Waals surface area contributed by atoms with Crippen molar-refractivity contribution in [2.24, 2.45) is 0 Å². The topological polar surface area (TPSA) is 20.2 Å². The highest BCUT2D eigenvalue weighted by Gasteiger charge is 2.11. The van der Waals surface area contributed by atoms with Crippen LogP contribution in [-0.4, -0.2) is 11.7 Å². The molecule has 0 aliphatic rings. The lowest BCUT2D eigenvalue weighted by Gasteiger charge is -2.14. The Morgan fingerprint density at radius 2 is 1.61 bits per heavy atom. The predicted molar refractivity (Wildman–Crippen MR) is 71.4 cm³/mol. The summed E-state index contributed by atoms with van der Waals surface area (Å²) in [6, 6.07) is 13.8. The van der Waals surface area contributed by atoms with Gasteiger partial charge in [-0.2, -0.15) is 0 Å². The molecule has 2 aromatic carbocycles. The lowest BCUT2D eigenvalue weighted by molar-refractivity contribution is 0.264. The van der Waals surface area contributed by atoms with Crippen molar-refractivity contribution >= 4 is 11.6 Å². The molecule has 2 aromatic rings. The van der Waals surface area contributed by atoms with Crippen LogP contribution in [0.1, 0.15) is 17.0 Å². The number of aliphatic hydroxyl groups is 1. The van der Waals surface area contributed by atoms with Crippen molar-refractivity contribution in [3.05, 3.63) is 70.5 Å². The van der Waals surface area contributed by atoms with Crippen LogP contribution in [0.15, 0.2) is 48.5 Å². The monoisotopic (exact) mass is 264 g/mol. The van der Waals surface area contributed by atoms with Gasteiger partial charge in [-0.15, -0.1) is 0 Å². The third-order valence-corrected chi connectivity index (χ3v) is 3.21. The van der Waals surface area contributed by atoms with Crippen molar-refractivity contribution in [3.63, 3.8) is 0 Å². The Hall–Kier alpha value is -1.38. The molecular weight excluding hydrogens is 251 g/mol. The van der Waals surface area contributed by atoms with Crippen LogP contribution in [0.25, 0.3) is 0 Å². The first-order chi connectivity index (χ1) is 8.69. The van der Waals surface area contributed by atoms with Gasteiger partial charge in [-0.05, 0) is 41.8 Å². The van der Waals surface area contributed by atoms with E-state index in [-0.39, 0.29) is 18.3 Å². The maximum atomic E-state index is 12.8. The van der Waals surface area contributed by atoms with Crippen LogP contribution in [0.3, 0.4) is 0 Å². The molecule has 1 unspecified atom stereocenters. The minimum absolute atomic E-state index is 0.00716. The lowest BCUT2D eigenvalue weighted by atomic mass is 9.93. The minimum atomic E-state index is -0.245. The summed E-state index contributed by atoms with van der Waals surface area (Å²) < 4.78 is 12.8. The molecule has 0 bridgehead atoms. The largest absolute Gasteiger partial charge is 0.396 e. The normalized spacial score (nSPS) is 12.4. The first kappa shape index (κ1) is 13.1. The molecule has 0 saturated carbocycles. The van der Waals surface area contributed by atoms with Crippen LogP contribution < -0.4 is 0 Å². The molecule has 0 aliphatic heterocycles. The second kappa shape index (κ2) is 5.98. The van der Waals surface area contributed by atoms with Crippen molar-refractivity contribution in [2.75, 3.05) is 6.61 Å². The zero-order valence-electron chi connectivity index (χ0n) is 9.81. The quantitative estimate of drug-likeness (QED) is 0.891. The van der Waals surface area contributed by atoms with Crippen molar-refractivity contribution in [1.29, 1.82) is 0 Å². The molecule has 94 valence electrons. The summed E-state index contributed by atoms with van der Waals surface area (Å²) in [6.45, 7) is 0.0546. The van der Waals surface area contributed by atoms with Gasteiger partial charge in [0.05, 0.1) is 6.61 Å². The Labute approximate surface area is 111 Å². The van der Waals surface area contributed by atoms with Crippen LogP contribution in [0, 0.1) is 5.82 Å². The zero-order chi connectivity index (χ0) is 13.0. The first-order valence-corrected chi connectivity index (χ1v) is 6.17. The van der Waals surface area contributed by atoms with E-state index in [2.05, 4.69) is 0 Å². The van der Waals surface area contributed by atoms with Crippen molar-refractivity contribution in [1.82, 2.24) is 0 Å². The molecule has 18 heavy (non-hydrogen) atoms. The summed E-state index contributed by atoms with van der Waals surface area (Å²) in [5.41, 5.74) is 2.04. The summed E-state index contributed by atoms with van der Waals surface area (Å²) in [6.07, 6.45) is 0.679. The van der Waals surface area contributed by atoms with Gasteiger partial charge in [-0.25, -0.2) is 4.39 Å². The fraction of sp³-hybridized carbons (Fsp3) is 0.200. The molecule has 0 fully saturated rings. The highest BCUT2D eigenvalue weighted by atomic mass is 35.5. The van der Waals surface area contributed by atoms with Gasteiger partial charge in [-0.3, -0.25) is 0 Å². The highest BCUT2D eigenvalue weighted by molar-refractivity contribution is 6.30. The molecule has 1 nitrogen and oxygen atoms in total. The SMILES string of the molecule is OCC(Cc1ccc(F)cc1)c1ccc(Cl)cc1. The van der Waals surface area contributed by atoms with E-state index in [4.69, 9.17) is 11.6 Å². The lowest BCUT2D eigenvalue weighted by Crippen LogP contribution is -2.07. The van der Waals surface area contributed by atoms with E-state index >= 15 is 0 Å². The van der Waals surface area contributed by atoms with Gasteiger partial charge < -0.3 is 5.11 Å². The average molecular weight is 265 g/mol. The Kier molecular flexibility index (Phi) is 4.34. The minimum Gasteiger partial charge on any atom is -0.396 e. The number of halogens is 2. The summed E-state index contributed by atoms with van der Waals surface area (Å²) in [5.74, 6) is -0.237. The molecule has 0 aliphatic carbocycles. The standard InChI is InChI=1S/C15H14ClFO/c16-14-5-3-12(4-6-14)13(10-18)9-11-1-7-15(17)8-2-11/h1-8,13,18H,9-10H2.